The number of para-hydroxylation sites is 1. The van der Waals surface area contributed by atoms with Crippen molar-refractivity contribution in [2.75, 3.05) is 5.32 Å². The number of pyridine rings is 1. The quantitative estimate of drug-likeness (QED) is 0.867. The van der Waals surface area contributed by atoms with E-state index >= 15 is 0 Å². The Kier molecular flexibility index (Phi) is 3.77. The Morgan fingerprint density at radius 1 is 1.32 bits per heavy atom. The van der Waals surface area contributed by atoms with Crippen molar-refractivity contribution in [2.24, 2.45) is 7.05 Å². The van der Waals surface area contributed by atoms with Crippen LogP contribution in [-0.4, -0.2) is 15.6 Å². The summed E-state index contributed by atoms with van der Waals surface area (Å²) in [6.07, 6.45) is 1.54. The zero-order chi connectivity index (χ0) is 13.8. The highest BCUT2D eigenvalue weighted by atomic mass is 16.3. The van der Waals surface area contributed by atoms with Gasteiger partial charge in [0.1, 0.15) is 0 Å². The predicted molar refractivity (Wildman–Crippen MR) is 72.0 cm³/mol. The van der Waals surface area contributed by atoms with Gasteiger partial charge < -0.3 is 15.0 Å². The number of aromatic nitrogens is 1. The molecule has 1 amide bonds. The van der Waals surface area contributed by atoms with Crippen LogP contribution in [0, 0.1) is 0 Å². The van der Waals surface area contributed by atoms with Crippen molar-refractivity contribution in [2.45, 2.75) is 6.61 Å². The fourth-order valence-electron chi connectivity index (χ4n) is 1.66. The van der Waals surface area contributed by atoms with Gasteiger partial charge in [0.05, 0.1) is 6.61 Å². The molecule has 0 atom stereocenters. The van der Waals surface area contributed by atoms with Crippen molar-refractivity contribution >= 4 is 11.6 Å². The number of nitrogens with one attached hydrogen (secondary N) is 1. The average Bonchev–Trinajstić information content (AvgIpc) is 2.42. The van der Waals surface area contributed by atoms with E-state index in [1.54, 1.807) is 37.4 Å². The third-order valence-corrected chi connectivity index (χ3v) is 2.80. The third-order valence-electron chi connectivity index (χ3n) is 2.80. The summed E-state index contributed by atoms with van der Waals surface area (Å²) in [6, 6.07) is 9.80. The van der Waals surface area contributed by atoms with Crippen molar-refractivity contribution in [1.29, 1.82) is 0 Å². The van der Waals surface area contributed by atoms with Crippen LogP contribution in [-0.2, 0) is 13.7 Å². The molecule has 1 heterocycles. The molecule has 98 valence electrons. The number of carbonyl (C=O) groups excluding carboxylic acids is 1. The molecule has 0 unspecified atom stereocenters. The summed E-state index contributed by atoms with van der Waals surface area (Å²) in [5, 5.41) is 11.9. The molecule has 0 fully saturated rings. The highest BCUT2D eigenvalue weighted by Gasteiger charge is 2.09. The van der Waals surface area contributed by atoms with Crippen LogP contribution < -0.4 is 10.9 Å². The number of amides is 1. The molecule has 19 heavy (non-hydrogen) atoms. The highest BCUT2D eigenvalue weighted by molar-refractivity contribution is 6.04. The molecule has 0 aliphatic heterocycles. The van der Waals surface area contributed by atoms with Crippen LogP contribution in [0.4, 0.5) is 5.69 Å². The number of aliphatic hydroxyl groups excluding tert-OH is 1. The summed E-state index contributed by atoms with van der Waals surface area (Å²) in [5.74, 6) is -0.376. The number of anilines is 1. The number of aliphatic hydroxyl groups is 1. The summed E-state index contributed by atoms with van der Waals surface area (Å²) < 4.78 is 1.39. The lowest BCUT2D eigenvalue weighted by molar-refractivity contribution is 0.102. The van der Waals surface area contributed by atoms with Crippen LogP contribution in [0.25, 0.3) is 0 Å². The van der Waals surface area contributed by atoms with Gasteiger partial charge in [0, 0.05) is 36.1 Å². The maximum atomic E-state index is 12.0. The van der Waals surface area contributed by atoms with E-state index in [0.717, 1.165) is 0 Å². The maximum Gasteiger partial charge on any atom is 0.255 e. The van der Waals surface area contributed by atoms with E-state index < -0.39 is 0 Å². The second-order valence-corrected chi connectivity index (χ2v) is 4.13. The second kappa shape index (κ2) is 5.49. The molecule has 0 bridgehead atoms. The van der Waals surface area contributed by atoms with Gasteiger partial charge in [0.2, 0.25) is 0 Å². The third kappa shape index (κ3) is 2.89. The first-order valence-electron chi connectivity index (χ1n) is 5.78. The molecule has 0 radical (unpaired) electrons. The summed E-state index contributed by atoms with van der Waals surface area (Å²) in [4.78, 5) is 23.5. The van der Waals surface area contributed by atoms with E-state index in [2.05, 4.69) is 5.32 Å². The smallest absolute Gasteiger partial charge is 0.255 e. The number of benzene rings is 1. The van der Waals surface area contributed by atoms with E-state index in [-0.39, 0.29) is 23.6 Å². The monoisotopic (exact) mass is 258 g/mol. The SMILES string of the molecule is Cn1ccc(C(=O)Nc2ccccc2CO)cc1=O. The number of rotatable bonds is 3. The Morgan fingerprint density at radius 3 is 2.74 bits per heavy atom. The maximum absolute atomic E-state index is 12.0. The van der Waals surface area contributed by atoms with E-state index in [1.807, 2.05) is 0 Å². The van der Waals surface area contributed by atoms with Crippen molar-refractivity contribution < 1.29 is 9.90 Å². The van der Waals surface area contributed by atoms with Gasteiger partial charge in [-0.1, -0.05) is 18.2 Å². The van der Waals surface area contributed by atoms with Crippen LogP contribution in [0.1, 0.15) is 15.9 Å². The molecule has 2 rings (SSSR count). The lowest BCUT2D eigenvalue weighted by atomic mass is 10.1. The van der Waals surface area contributed by atoms with Gasteiger partial charge in [0.15, 0.2) is 0 Å². The molecule has 5 heteroatoms. The van der Waals surface area contributed by atoms with Crippen LogP contribution in [0.15, 0.2) is 47.4 Å². The fourth-order valence-corrected chi connectivity index (χ4v) is 1.66. The summed E-state index contributed by atoms with van der Waals surface area (Å²) in [5.41, 5.74) is 1.20. The molecule has 0 saturated heterocycles. The lowest BCUT2D eigenvalue weighted by Crippen LogP contribution is -2.20. The van der Waals surface area contributed by atoms with Crippen LogP contribution >= 0.6 is 0 Å². The molecular formula is C14H14N2O3. The zero-order valence-electron chi connectivity index (χ0n) is 10.5. The van der Waals surface area contributed by atoms with Crippen molar-refractivity contribution in [3.8, 4) is 0 Å². The van der Waals surface area contributed by atoms with E-state index in [1.165, 1.54) is 16.8 Å². The summed E-state index contributed by atoms with van der Waals surface area (Å²) in [6.45, 7) is -0.160. The van der Waals surface area contributed by atoms with E-state index in [0.29, 0.717) is 11.3 Å². The Morgan fingerprint density at radius 2 is 2.05 bits per heavy atom. The summed E-state index contributed by atoms with van der Waals surface area (Å²) >= 11 is 0. The van der Waals surface area contributed by atoms with Gasteiger partial charge >= 0.3 is 0 Å². The number of nitrogens with zero attached hydrogens (tertiary/aromatic N) is 1. The van der Waals surface area contributed by atoms with Gasteiger partial charge in [-0.25, -0.2) is 0 Å². The average molecular weight is 258 g/mol. The zero-order valence-corrected chi connectivity index (χ0v) is 10.5. The van der Waals surface area contributed by atoms with Gasteiger partial charge in [0.25, 0.3) is 11.5 Å². The number of aryl methyl sites for hydroxylation is 1. The minimum atomic E-state index is -0.376. The van der Waals surface area contributed by atoms with Crippen LogP contribution in [0.5, 0.6) is 0 Å². The first-order valence-corrected chi connectivity index (χ1v) is 5.78. The van der Waals surface area contributed by atoms with Gasteiger partial charge in [-0.3, -0.25) is 9.59 Å². The lowest BCUT2D eigenvalue weighted by Gasteiger charge is -2.09. The highest BCUT2D eigenvalue weighted by Crippen LogP contribution is 2.15. The number of hydrogen-bond donors (Lipinski definition) is 2. The number of carbonyl (C=O) groups is 1. The first-order chi connectivity index (χ1) is 9.11. The molecule has 0 saturated carbocycles. The minimum absolute atomic E-state index is 0.160. The topological polar surface area (TPSA) is 71.3 Å². The van der Waals surface area contributed by atoms with Crippen molar-refractivity contribution in [3.63, 3.8) is 0 Å². The molecule has 2 N–H and O–H groups in total. The largest absolute Gasteiger partial charge is 0.392 e. The second-order valence-electron chi connectivity index (χ2n) is 4.13. The van der Waals surface area contributed by atoms with E-state index in [4.69, 9.17) is 0 Å². The molecule has 2 aromatic rings. The molecule has 0 aliphatic carbocycles. The summed E-state index contributed by atoms with van der Waals surface area (Å²) in [7, 11) is 1.62. The molecule has 0 spiro atoms. The molecule has 1 aromatic carbocycles. The molecular weight excluding hydrogens is 244 g/mol. The standard InChI is InChI=1S/C14H14N2O3/c1-16-7-6-10(8-13(16)18)14(19)15-12-5-3-2-4-11(12)9-17/h2-8,17H,9H2,1H3,(H,15,19). The van der Waals surface area contributed by atoms with E-state index in [9.17, 15) is 14.7 Å². The fraction of sp³-hybridized carbons (Fsp3) is 0.143. The van der Waals surface area contributed by atoms with Gasteiger partial charge in [-0.15, -0.1) is 0 Å². The number of hydrogen-bond acceptors (Lipinski definition) is 3. The van der Waals surface area contributed by atoms with Gasteiger partial charge in [-0.05, 0) is 12.1 Å². The normalized spacial score (nSPS) is 10.2. The van der Waals surface area contributed by atoms with Crippen molar-refractivity contribution in [3.05, 3.63) is 64.1 Å². The van der Waals surface area contributed by atoms with Crippen molar-refractivity contribution in [1.82, 2.24) is 4.57 Å². The Balaban J connectivity index is 2.25. The Bertz CT molecular complexity index is 662. The minimum Gasteiger partial charge on any atom is -0.392 e. The Labute approximate surface area is 110 Å². The molecule has 1 aromatic heterocycles. The van der Waals surface area contributed by atoms with Gasteiger partial charge in [-0.2, -0.15) is 0 Å². The Hall–Kier alpha value is -2.40. The molecule has 0 aliphatic rings. The van der Waals surface area contributed by atoms with Crippen LogP contribution in [0.2, 0.25) is 0 Å². The predicted octanol–water partition coefficient (Wildman–Crippen LogP) is 1.13. The molecule has 5 nitrogen and oxygen atoms in total. The first kappa shape index (κ1) is 13.0. The van der Waals surface area contributed by atoms with Crippen LogP contribution in [0.3, 0.4) is 0 Å².